The first-order chi connectivity index (χ1) is 16.8. The number of amides is 3. The normalized spacial score (nSPS) is 15.2. The highest BCUT2D eigenvalue weighted by molar-refractivity contribution is 5.94. The molecule has 0 aliphatic rings. The van der Waals surface area contributed by atoms with Crippen molar-refractivity contribution in [3.05, 3.63) is 0 Å². The van der Waals surface area contributed by atoms with Gasteiger partial charge in [-0.15, -0.1) is 0 Å². The van der Waals surface area contributed by atoms with Crippen molar-refractivity contribution in [2.45, 2.75) is 89.6 Å². The Balaban J connectivity index is 5.29. The van der Waals surface area contributed by atoms with E-state index in [0.717, 1.165) is 0 Å². The molecule has 14 nitrogen and oxygen atoms in total. The summed E-state index contributed by atoms with van der Waals surface area (Å²) in [6, 6.07) is -4.59. The van der Waals surface area contributed by atoms with Gasteiger partial charge in [-0.05, 0) is 57.9 Å². The summed E-state index contributed by atoms with van der Waals surface area (Å²) in [5.74, 6) is -3.45. The van der Waals surface area contributed by atoms with E-state index in [0.29, 0.717) is 25.8 Å². The van der Waals surface area contributed by atoms with Crippen molar-refractivity contribution >= 4 is 29.7 Å². The van der Waals surface area contributed by atoms with Gasteiger partial charge in [-0.1, -0.05) is 13.8 Å². The maximum atomic E-state index is 12.9. The quantitative estimate of drug-likeness (QED) is 0.0523. The highest BCUT2D eigenvalue weighted by atomic mass is 16.4. The highest BCUT2D eigenvalue weighted by Gasteiger charge is 2.32. The van der Waals surface area contributed by atoms with Crippen LogP contribution in [-0.2, 0) is 19.2 Å². The predicted octanol–water partition coefficient (Wildman–Crippen LogP) is -2.54. The van der Waals surface area contributed by atoms with E-state index >= 15 is 0 Å². The summed E-state index contributed by atoms with van der Waals surface area (Å²) < 4.78 is 0. The number of carbonyl (C=O) groups is 4. The molecule has 0 heterocycles. The molecule has 0 saturated heterocycles. The molecule has 13 N–H and O–H groups in total. The number of aliphatic imine (C=N–C) groups is 1. The number of aliphatic hydroxyl groups excluding tert-OH is 1. The smallest absolute Gasteiger partial charge is 0.326 e. The third-order valence-corrected chi connectivity index (χ3v) is 5.27. The molecule has 36 heavy (non-hydrogen) atoms. The van der Waals surface area contributed by atoms with Crippen LogP contribution in [0.2, 0.25) is 0 Å². The van der Waals surface area contributed by atoms with Crippen LogP contribution in [0, 0.1) is 5.92 Å². The summed E-state index contributed by atoms with van der Waals surface area (Å²) in [5, 5.41) is 26.9. The fourth-order valence-corrected chi connectivity index (χ4v) is 3.30. The molecule has 3 amide bonds. The second-order valence-electron chi connectivity index (χ2n) is 9.16. The lowest BCUT2D eigenvalue weighted by Crippen LogP contribution is -2.60. The lowest BCUT2D eigenvalue weighted by Gasteiger charge is -2.27. The van der Waals surface area contributed by atoms with E-state index in [2.05, 4.69) is 20.9 Å². The van der Waals surface area contributed by atoms with Crippen LogP contribution in [0.15, 0.2) is 4.99 Å². The van der Waals surface area contributed by atoms with E-state index in [1.807, 2.05) is 13.8 Å². The van der Waals surface area contributed by atoms with Crippen LogP contribution in [0.5, 0.6) is 0 Å². The van der Waals surface area contributed by atoms with Gasteiger partial charge in [-0.3, -0.25) is 19.4 Å². The SMILES string of the molecule is CC(C)CC(NC(=O)C(NC(=O)C(N)CCCN=C(N)N)C(C)O)C(=O)NC(CCCCN)C(=O)O. The van der Waals surface area contributed by atoms with Crippen LogP contribution in [0.4, 0.5) is 0 Å². The van der Waals surface area contributed by atoms with Crippen LogP contribution < -0.4 is 38.9 Å². The molecule has 14 heteroatoms. The van der Waals surface area contributed by atoms with Crippen LogP contribution in [0.1, 0.15) is 59.3 Å². The van der Waals surface area contributed by atoms with Crippen molar-refractivity contribution in [2.75, 3.05) is 13.1 Å². The number of unbranched alkanes of at least 4 members (excludes halogenated alkanes) is 1. The van der Waals surface area contributed by atoms with E-state index in [-0.39, 0.29) is 37.7 Å². The number of nitrogens with zero attached hydrogens (tertiary/aromatic N) is 1. The van der Waals surface area contributed by atoms with Gasteiger partial charge in [0.05, 0.1) is 12.1 Å². The molecule has 5 atom stereocenters. The van der Waals surface area contributed by atoms with E-state index < -0.39 is 54.0 Å². The standard InChI is InChI=1S/C22H44N8O6/c1-12(2)11-16(19(33)28-15(21(35)36)8-4-5-9-23)29-20(34)17(13(3)31)30-18(32)14(24)7-6-10-27-22(25)26/h12-17,31H,4-11,23-24H2,1-3H3,(H,28,33)(H,29,34)(H,30,32)(H,35,36)(H4,25,26,27). The Morgan fingerprint density at radius 1 is 0.861 bits per heavy atom. The largest absolute Gasteiger partial charge is 0.480 e. The van der Waals surface area contributed by atoms with Crippen molar-refractivity contribution in [1.82, 2.24) is 16.0 Å². The second kappa shape index (κ2) is 17.5. The average Bonchev–Trinajstić information content (AvgIpc) is 2.77. The van der Waals surface area contributed by atoms with E-state index in [1.165, 1.54) is 6.92 Å². The van der Waals surface area contributed by atoms with Gasteiger partial charge >= 0.3 is 5.97 Å². The number of hydrogen-bond acceptors (Lipinski definition) is 8. The number of aliphatic carboxylic acids is 1. The minimum absolute atomic E-state index is 0.0280. The number of hydrogen-bond donors (Lipinski definition) is 9. The van der Waals surface area contributed by atoms with Gasteiger partial charge < -0.3 is 49.1 Å². The van der Waals surface area contributed by atoms with E-state index in [4.69, 9.17) is 22.9 Å². The Morgan fingerprint density at radius 3 is 1.97 bits per heavy atom. The Hall–Kier alpha value is -2.97. The van der Waals surface area contributed by atoms with Gasteiger partial charge in [0, 0.05) is 6.54 Å². The molecule has 0 aromatic heterocycles. The molecule has 0 aromatic rings. The Morgan fingerprint density at radius 2 is 1.47 bits per heavy atom. The maximum Gasteiger partial charge on any atom is 0.326 e. The van der Waals surface area contributed by atoms with Gasteiger partial charge in [-0.25, -0.2) is 4.79 Å². The zero-order chi connectivity index (χ0) is 27.8. The van der Waals surface area contributed by atoms with Crippen molar-refractivity contribution in [3.8, 4) is 0 Å². The number of carboxylic acid groups (broad SMARTS) is 1. The van der Waals surface area contributed by atoms with Gasteiger partial charge in [0.2, 0.25) is 17.7 Å². The third kappa shape index (κ3) is 13.8. The fourth-order valence-electron chi connectivity index (χ4n) is 3.30. The van der Waals surface area contributed by atoms with Crippen LogP contribution in [0.25, 0.3) is 0 Å². The number of carboxylic acids is 1. The Labute approximate surface area is 212 Å². The van der Waals surface area contributed by atoms with Gasteiger partial charge in [0.25, 0.3) is 0 Å². The fraction of sp³-hybridized carbons (Fsp3) is 0.773. The zero-order valence-electron chi connectivity index (χ0n) is 21.4. The summed E-state index contributed by atoms with van der Waals surface area (Å²) in [5.41, 5.74) is 21.8. The Kier molecular flexibility index (Phi) is 16.0. The molecule has 208 valence electrons. The zero-order valence-corrected chi connectivity index (χ0v) is 21.4. The number of carbonyl (C=O) groups excluding carboxylic acids is 3. The minimum Gasteiger partial charge on any atom is -0.480 e. The van der Waals surface area contributed by atoms with Crippen LogP contribution in [-0.4, -0.2) is 83.2 Å². The molecular weight excluding hydrogens is 472 g/mol. The molecular formula is C22H44N8O6. The van der Waals surface area contributed by atoms with Crippen LogP contribution in [0.3, 0.4) is 0 Å². The first kappa shape index (κ1) is 33.0. The average molecular weight is 517 g/mol. The summed E-state index contributed by atoms with van der Waals surface area (Å²) in [4.78, 5) is 53.6. The molecule has 0 saturated carbocycles. The molecule has 0 spiro atoms. The lowest BCUT2D eigenvalue weighted by molar-refractivity contribution is -0.142. The van der Waals surface area contributed by atoms with Gasteiger partial charge in [0.15, 0.2) is 5.96 Å². The molecule has 0 rings (SSSR count). The molecule has 0 aromatic carbocycles. The molecule has 0 bridgehead atoms. The first-order valence-electron chi connectivity index (χ1n) is 12.1. The van der Waals surface area contributed by atoms with Crippen molar-refractivity contribution in [3.63, 3.8) is 0 Å². The highest BCUT2D eigenvalue weighted by Crippen LogP contribution is 2.09. The predicted molar refractivity (Wildman–Crippen MR) is 135 cm³/mol. The van der Waals surface area contributed by atoms with Crippen molar-refractivity contribution in [1.29, 1.82) is 0 Å². The lowest BCUT2D eigenvalue weighted by atomic mass is 10.0. The maximum absolute atomic E-state index is 12.9. The molecule has 0 aliphatic heterocycles. The molecule has 5 unspecified atom stereocenters. The summed E-state index contributed by atoms with van der Waals surface area (Å²) >= 11 is 0. The molecule has 0 aliphatic carbocycles. The summed E-state index contributed by atoms with van der Waals surface area (Å²) in [7, 11) is 0. The first-order valence-corrected chi connectivity index (χ1v) is 12.1. The van der Waals surface area contributed by atoms with Crippen molar-refractivity contribution < 1.29 is 29.4 Å². The number of rotatable bonds is 18. The summed E-state index contributed by atoms with van der Waals surface area (Å²) in [6.07, 6.45) is 0.870. The van der Waals surface area contributed by atoms with Gasteiger partial charge in [-0.2, -0.15) is 0 Å². The second-order valence-corrected chi connectivity index (χ2v) is 9.16. The minimum atomic E-state index is -1.39. The Bertz CT molecular complexity index is 742. The monoisotopic (exact) mass is 516 g/mol. The number of nitrogens with two attached hydrogens (primary N) is 4. The van der Waals surface area contributed by atoms with E-state index in [1.54, 1.807) is 0 Å². The number of guanidine groups is 1. The topological polar surface area (TPSA) is 261 Å². The molecule has 0 radical (unpaired) electrons. The summed E-state index contributed by atoms with van der Waals surface area (Å²) in [6.45, 7) is 5.65. The number of nitrogens with one attached hydrogen (secondary N) is 3. The molecule has 0 fully saturated rings. The van der Waals surface area contributed by atoms with Crippen LogP contribution >= 0.6 is 0 Å². The van der Waals surface area contributed by atoms with Gasteiger partial charge in [0.1, 0.15) is 18.1 Å². The third-order valence-electron chi connectivity index (χ3n) is 5.27. The number of aliphatic hydroxyl groups is 1. The van der Waals surface area contributed by atoms with E-state index in [9.17, 15) is 29.4 Å². The van der Waals surface area contributed by atoms with Crippen molar-refractivity contribution in [2.24, 2.45) is 33.8 Å².